The maximum Gasteiger partial charge on any atom is 0.180 e. The summed E-state index contributed by atoms with van der Waals surface area (Å²) in [6, 6.07) is 67.5. The molecule has 0 aliphatic heterocycles. The summed E-state index contributed by atoms with van der Waals surface area (Å²) in [5, 5.41) is 3.21. The van der Waals surface area contributed by atoms with Crippen molar-refractivity contribution >= 4 is 53.6 Å². The number of benzene rings is 8. The minimum atomic E-state index is -0.176. The van der Waals surface area contributed by atoms with Crippen LogP contribution < -0.4 is 0 Å². The Kier molecular flexibility index (Phi) is 8.04. The molecular weight excluding hydrogens is 791 g/mol. The van der Waals surface area contributed by atoms with Crippen molar-refractivity contribution in [2.24, 2.45) is 0 Å². The van der Waals surface area contributed by atoms with Crippen molar-refractivity contribution in [3.8, 4) is 67.7 Å². The third kappa shape index (κ3) is 5.82. The molecule has 1 aliphatic carbocycles. The van der Waals surface area contributed by atoms with Gasteiger partial charge in [-0.2, -0.15) is 0 Å². The van der Waals surface area contributed by atoms with Gasteiger partial charge in [-0.25, -0.2) is 24.9 Å². The summed E-state index contributed by atoms with van der Waals surface area (Å²) in [7, 11) is 0. The fourth-order valence-corrected chi connectivity index (χ4v) is 10.5. The molecule has 1 aliphatic rings. The van der Waals surface area contributed by atoms with Crippen molar-refractivity contribution in [2.45, 2.75) is 5.92 Å². The number of hydrogen-bond donors (Lipinski definition) is 0. The standard InChI is InChI=1S/C56H33N5OS/c1-4-15-33(16-5-1)36-27-29-39-38-21-10-11-22-40(38)49(44(39)31-36)56-60-53(35-19-8-3-9-20-35)59-54(61-56)37-28-30-42-47(32-37)63-46-26-14-24-43(48(42)46)55-57-50(34-17-6-2-7-18-34)52-51(58-55)41-23-12-13-25-45(41)62-52/h1-32,49H. The van der Waals surface area contributed by atoms with E-state index >= 15 is 0 Å². The summed E-state index contributed by atoms with van der Waals surface area (Å²) in [6.07, 6.45) is 0. The van der Waals surface area contributed by atoms with Gasteiger partial charge in [-0.1, -0.05) is 164 Å². The summed E-state index contributed by atoms with van der Waals surface area (Å²) in [5.41, 5.74) is 14.0. The minimum Gasteiger partial charge on any atom is -0.452 e. The topological polar surface area (TPSA) is 77.6 Å². The number of hydrogen-bond acceptors (Lipinski definition) is 7. The third-order valence-corrected chi connectivity index (χ3v) is 13.4. The molecule has 4 heterocycles. The van der Waals surface area contributed by atoms with Crippen molar-refractivity contribution in [1.29, 1.82) is 0 Å². The van der Waals surface area contributed by atoms with Crippen LogP contribution in [0.5, 0.6) is 0 Å². The van der Waals surface area contributed by atoms with Crippen molar-refractivity contribution in [2.75, 3.05) is 0 Å². The zero-order valence-electron chi connectivity index (χ0n) is 33.6. The first-order chi connectivity index (χ1) is 31.2. The van der Waals surface area contributed by atoms with Crippen molar-refractivity contribution < 1.29 is 4.42 Å². The monoisotopic (exact) mass is 823 g/mol. The molecule has 6 nitrogen and oxygen atoms in total. The highest BCUT2D eigenvalue weighted by Gasteiger charge is 2.33. The average Bonchev–Trinajstić information content (AvgIpc) is 4.03. The Labute approximate surface area is 365 Å². The molecule has 13 rings (SSSR count). The molecule has 0 saturated carbocycles. The van der Waals surface area contributed by atoms with Gasteiger partial charge in [0, 0.05) is 47.8 Å². The molecule has 0 fully saturated rings. The second kappa shape index (κ2) is 14.2. The van der Waals surface area contributed by atoms with Gasteiger partial charge in [0.05, 0.1) is 5.92 Å². The smallest absolute Gasteiger partial charge is 0.180 e. The van der Waals surface area contributed by atoms with Crippen LogP contribution in [0.25, 0.3) is 110 Å². The Morgan fingerprint density at radius 3 is 1.89 bits per heavy atom. The molecule has 1 unspecified atom stereocenters. The lowest BCUT2D eigenvalue weighted by Crippen LogP contribution is -2.09. The van der Waals surface area contributed by atoms with Crippen LogP contribution in [0.3, 0.4) is 0 Å². The van der Waals surface area contributed by atoms with Gasteiger partial charge in [-0.3, -0.25) is 0 Å². The molecule has 0 spiro atoms. The van der Waals surface area contributed by atoms with E-state index in [0.29, 0.717) is 23.1 Å². The van der Waals surface area contributed by atoms with E-state index in [2.05, 4.69) is 140 Å². The summed E-state index contributed by atoms with van der Waals surface area (Å²) in [6.45, 7) is 0. The molecule has 0 N–H and O–H groups in total. The quantitative estimate of drug-likeness (QED) is 0.166. The molecular formula is C56H33N5OS. The van der Waals surface area contributed by atoms with Crippen LogP contribution in [0, 0.1) is 0 Å². The van der Waals surface area contributed by atoms with Gasteiger partial charge in [0.25, 0.3) is 0 Å². The van der Waals surface area contributed by atoms with Gasteiger partial charge >= 0.3 is 0 Å². The number of fused-ring (bicyclic) bond motifs is 9. The van der Waals surface area contributed by atoms with E-state index in [9.17, 15) is 0 Å². The second-order valence-electron chi connectivity index (χ2n) is 15.9. The largest absolute Gasteiger partial charge is 0.452 e. The summed E-state index contributed by atoms with van der Waals surface area (Å²) >= 11 is 1.75. The second-order valence-corrected chi connectivity index (χ2v) is 17.0. The number of aromatic nitrogens is 5. The highest BCUT2D eigenvalue weighted by Crippen LogP contribution is 2.49. The molecule has 4 aromatic heterocycles. The van der Waals surface area contributed by atoms with Crippen molar-refractivity contribution in [3.63, 3.8) is 0 Å². The van der Waals surface area contributed by atoms with Gasteiger partial charge < -0.3 is 4.42 Å². The van der Waals surface area contributed by atoms with Crippen LogP contribution in [-0.2, 0) is 0 Å². The van der Waals surface area contributed by atoms with Gasteiger partial charge in [0.15, 0.2) is 23.1 Å². The Morgan fingerprint density at radius 1 is 0.397 bits per heavy atom. The normalized spacial score (nSPS) is 13.2. The van der Waals surface area contributed by atoms with E-state index in [1.807, 2.05) is 54.6 Å². The van der Waals surface area contributed by atoms with E-state index in [0.717, 1.165) is 70.4 Å². The number of furan rings is 1. The van der Waals surface area contributed by atoms with E-state index < -0.39 is 0 Å². The van der Waals surface area contributed by atoms with Crippen molar-refractivity contribution in [1.82, 2.24) is 24.9 Å². The predicted molar refractivity (Wildman–Crippen MR) is 256 cm³/mol. The van der Waals surface area contributed by atoms with Gasteiger partial charge in [-0.15, -0.1) is 11.3 Å². The highest BCUT2D eigenvalue weighted by molar-refractivity contribution is 7.26. The SMILES string of the molecule is c1ccc(-c2ccc3c(c2)C(c2nc(-c4ccccc4)nc(-c4ccc5c(c4)sc4cccc(-c6nc(-c7ccccc7)c7oc8ccccc8c7n6)c45)n2)c2ccccc2-3)cc1. The maximum absolute atomic E-state index is 6.42. The Bertz CT molecular complexity index is 3750. The van der Waals surface area contributed by atoms with Crippen LogP contribution >= 0.6 is 11.3 Å². The predicted octanol–water partition coefficient (Wildman–Crippen LogP) is 14.4. The van der Waals surface area contributed by atoms with Gasteiger partial charge in [0.2, 0.25) is 0 Å². The molecule has 8 aromatic carbocycles. The van der Waals surface area contributed by atoms with E-state index in [1.165, 1.54) is 33.4 Å². The molecule has 0 radical (unpaired) electrons. The van der Waals surface area contributed by atoms with E-state index in [-0.39, 0.29) is 5.92 Å². The Morgan fingerprint density at radius 2 is 1.06 bits per heavy atom. The number of nitrogens with zero attached hydrogens (tertiary/aromatic N) is 5. The molecule has 63 heavy (non-hydrogen) atoms. The number of para-hydroxylation sites is 1. The minimum absolute atomic E-state index is 0.176. The molecule has 0 amide bonds. The molecule has 294 valence electrons. The zero-order chi connectivity index (χ0) is 41.4. The van der Waals surface area contributed by atoms with Crippen LogP contribution in [-0.4, -0.2) is 24.9 Å². The molecule has 12 aromatic rings. The first-order valence-electron chi connectivity index (χ1n) is 21.0. The van der Waals surface area contributed by atoms with Crippen LogP contribution in [0.4, 0.5) is 0 Å². The van der Waals surface area contributed by atoms with Crippen LogP contribution in [0.15, 0.2) is 199 Å². The number of rotatable bonds is 6. The first kappa shape index (κ1) is 35.6. The number of thiophene rings is 1. The Hall–Kier alpha value is -8.13. The lowest BCUT2D eigenvalue weighted by Gasteiger charge is -2.16. The third-order valence-electron chi connectivity index (χ3n) is 12.2. The first-order valence-corrected chi connectivity index (χ1v) is 21.8. The summed E-state index contributed by atoms with van der Waals surface area (Å²) < 4.78 is 8.70. The summed E-state index contributed by atoms with van der Waals surface area (Å²) in [5.74, 6) is 2.49. The zero-order valence-corrected chi connectivity index (χ0v) is 34.4. The molecule has 0 bridgehead atoms. The molecule has 7 heteroatoms. The van der Waals surface area contributed by atoms with Crippen molar-refractivity contribution in [3.05, 3.63) is 211 Å². The fourth-order valence-electron chi connectivity index (χ4n) is 9.32. The highest BCUT2D eigenvalue weighted by atomic mass is 32.1. The summed E-state index contributed by atoms with van der Waals surface area (Å²) in [4.78, 5) is 26.3. The van der Waals surface area contributed by atoms with Gasteiger partial charge in [-0.05, 0) is 63.7 Å². The van der Waals surface area contributed by atoms with Crippen LogP contribution in [0.1, 0.15) is 22.9 Å². The van der Waals surface area contributed by atoms with E-state index in [4.69, 9.17) is 29.3 Å². The fraction of sp³-hybridized carbons (Fsp3) is 0.0179. The van der Waals surface area contributed by atoms with E-state index in [1.54, 1.807) is 11.3 Å². The Balaban J connectivity index is 0.981. The maximum atomic E-state index is 6.42. The average molecular weight is 824 g/mol. The van der Waals surface area contributed by atoms with Crippen LogP contribution in [0.2, 0.25) is 0 Å². The lowest BCUT2D eigenvalue weighted by molar-refractivity contribution is 0.667. The lowest BCUT2D eigenvalue weighted by atomic mass is 9.93. The molecule has 0 saturated heterocycles. The van der Waals surface area contributed by atoms with Gasteiger partial charge in [0.1, 0.15) is 22.6 Å². The molecule has 1 atom stereocenters.